The van der Waals surface area contributed by atoms with Crippen molar-refractivity contribution in [2.45, 2.75) is 38.6 Å². The summed E-state index contributed by atoms with van der Waals surface area (Å²) in [5.41, 5.74) is 3.46. The Kier molecular flexibility index (Phi) is 5.91. The maximum atomic E-state index is 13.0. The number of nitrogens with zero attached hydrogens (tertiary/aromatic N) is 2. The third-order valence-corrected chi connectivity index (χ3v) is 6.38. The molecule has 1 amide bonds. The topological polar surface area (TPSA) is 57.3 Å². The van der Waals surface area contributed by atoms with Gasteiger partial charge in [-0.2, -0.15) is 0 Å². The van der Waals surface area contributed by atoms with Gasteiger partial charge in [-0.3, -0.25) is 9.78 Å². The summed E-state index contributed by atoms with van der Waals surface area (Å²) in [7, 11) is 0. The number of hydrogen-bond donors (Lipinski definition) is 2. The number of anilines is 1. The molecule has 2 fully saturated rings. The van der Waals surface area contributed by atoms with Gasteiger partial charge < -0.3 is 15.5 Å². The van der Waals surface area contributed by atoms with E-state index < -0.39 is 0 Å². The van der Waals surface area contributed by atoms with Gasteiger partial charge in [0.05, 0.1) is 0 Å². The number of pyridine rings is 1. The van der Waals surface area contributed by atoms with Gasteiger partial charge in [0, 0.05) is 43.3 Å². The van der Waals surface area contributed by atoms with Gasteiger partial charge in [-0.1, -0.05) is 0 Å². The van der Waals surface area contributed by atoms with Crippen molar-refractivity contribution in [1.82, 2.24) is 15.2 Å². The SMILES string of the molecule is O=C(c1ccc(NCc2ccncc2)cc1)N1CCCC2(CCNCC2)CC1. The Labute approximate surface area is 167 Å². The van der Waals surface area contributed by atoms with Gasteiger partial charge in [0.15, 0.2) is 0 Å². The summed E-state index contributed by atoms with van der Waals surface area (Å²) in [6.45, 7) is 4.78. The molecule has 1 aromatic carbocycles. The smallest absolute Gasteiger partial charge is 0.253 e. The average Bonchev–Trinajstić information content (AvgIpc) is 2.96. The molecule has 0 atom stereocenters. The lowest BCUT2D eigenvalue weighted by Gasteiger charge is -2.37. The van der Waals surface area contributed by atoms with E-state index in [0.717, 1.165) is 56.8 Å². The molecule has 28 heavy (non-hydrogen) atoms. The number of aromatic nitrogens is 1. The van der Waals surface area contributed by atoms with Crippen LogP contribution in [0.2, 0.25) is 0 Å². The van der Waals surface area contributed by atoms with E-state index in [1.807, 2.05) is 36.4 Å². The third kappa shape index (κ3) is 4.53. The van der Waals surface area contributed by atoms with Crippen LogP contribution in [0.1, 0.15) is 48.0 Å². The Morgan fingerprint density at radius 2 is 1.75 bits per heavy atom. The zero-order valence-electron chi connectivity index (χ0n) is 16.5. The summed E-state index contributed by atoms with van der Waals surface area (Å²) in [6.07, 6.45) is 9.64. The minimum atomic E-state index is 0.173. The van der Waals surface area contributed by atoms with Crippen LogP contribution in [0.4, 0.5) is 5.69 Å². The molecule has 3 heterocycles. The van der Waals surface area contributed by atoms with Crippen molar-refractivity contribution in [2.24, 2.45) is 5.41 Å². The van der Waals surface area contributed by atoms with Crippen molar-refractivity contribution >= 4 is 11.6 Å². The summed E-state index contributed by atoms with van der Waals surface area (Å²) in [5.74, 6) is 0.173. The summed E-state index contributed by atoms with van der Waals surface area (Å²) in [6, 6.07) is 11.9. The highest BCUT2D eigenvalue weighted by atomic mass is 16.2. The Morgan fingerprint density at radius 3 is 2.50 bits per heavy atom. The molecule has 4 rings (SSSR count). The molecule has 2 N–H and O–H groups in total. The standard InChI is InChI=1S/C23H30N4O/c28-22(27-16-1-8-23(11-17-27)9-14-25-15-10-23)20-2-4-21(5-3-20)26-18-19-6-12-24-13-7-19/h2-7,12-13,25-26H,1,8-11,14-18H2. The highest BCUT2D eigenvalue weighted by Gasteiger charge is 2.34. The van der Waals surface area contributed by atoms with E-state index in [9.17, 15) is 4.79 Å². The minimum Gasteiger partial charge on any atom is -0.381 e. The quantitative estimate of drug-likeness (QED) is 0.852. The molecule has 0 aliphatic carbocycles. The fourth-order valence-corrected chi connectivity index (χ4v) is 4.53. The molecule has 148 valence electrons. The van der Waals surface area contributed by atoms with Crippen LogP contribution in [0.3, 0.4) is 0 Å². The van der Waals surface area contributed by atoms with Crippen molar-refractivity contribution in [1.29, 1.82) is 0 Å². The van der Waals surface area contributed by atoms with E-state index >= 15 is 0 Å². The number of carbonyl (C=O) groups is 1. The summed E-state index contributed by atoms with van der Waals surface area (Å²) >= 11 is 0. The van der Waals surface area contributed by atoms with Crippen molar-refractivity contribution in [3.8, 4) is 0 Å². The number of nitrogens with one attached hydrogen (secondary N) is 2. The first-order valence-corrected chi connectivity index (χ1v) is 10.5. The second kappa shape index (κ2) is 8.74. The third-order valence-electron chi connectivity index (χ3n) is 6.38. The number of piperidine rings is 1. The number of amides is 1. The van der Waals surface area contributed by atoms with E-state index in [2.05, 4.69) is 20.5 Å². The van der Waals surface area contributed by atoms with Crippen molar-refractivity contribution < 1.29 is 4.79 Å². The second-order valence-electron chi connectivity index (χ2n) is 8.18. The molecule has 0 unspecified atom stereocenters. The summed E-state index contributed by atoms with van der Waals surface area (Å²) in [5, 5.41) is 6.87. The van der Waals surface area contributed by atoms with Gasteiger partial charge in [0.1, 0.15) is 0 Å². The Balaban J connectivity index is 1.34. The molecule has 1 aromatic heterocycles. The van der Waals surface area contributed by atoms with E-state index in [-0.39, 0.29) is 5.91 Å². The first-order valence-electron chi connectivity index (χ1n) is 10.5. The number of hydrogen-bond acceptors (Lipinski definition) is 4. The fourth-order valence-electron chi connectivity index (χ4n) is 4.53. The zero-order chi connectivity index (χ0) is 19.2. The molecule has 0 bridgehead atoms. The summed E-state index contributed by atoms with van der Waals surface area (Å²) < 4.78 is 0. The lowest BCUT2D eigenvalue weighted by Crippen LogP contribution is -2.38. The molecular weight excluding hydrogens is 348 g/mol. The summed E-state index contributed by atoms with van der Waals surface area (Å²) in [4.78, 5) is 19.1. The molecule has 1 spiro atoms. The number of benzene rings is 1. The molecule has 5 heteroatoms. The highest BCUT2D eigenvalue weighted by molar-refractivity contribution is 5.94. The minimum absolute atomic E-state index is 0.173. The molecule has 2 saturated heterocycles. The van der Waals surface area contributed by atoms with Gasteiger partial charge in [0.2, 0.25) is 0 Å². The number of rotatable bonds is 4. The normalized spacial score (nSPS) is 19.2. The van der Waals surface area contributed by atoms with Gasteiger partial charge in [-0.25, -0.2) is 0 Å². The predicted molar refractivity (Wildman–Crippen MR) is 112 cm³/mol. The largest absolute Gasteiger partial charge is 0.381 e. The van der Waals surface area contributed by atoms with E-state index in [4.69, 9.17) is 0 Å². The highest BCUT2D eigenvalue weighted by Crippen LogP contribution is 2.39. The van der Waals surface area contributed by atoms with Crippen LogP contribution in [0.25, 0.3) is 0 Å². The maximum absolute atomic E-state index is 13.0. The molecule has 2 aliphatic heterocycles. The monoisotopic (exact) mass is 378 g/mol. The van der Waals surface area contributed by atoms with Gasteiger partial charge in [-0.15, -0.1) is 0 Å². The molecule has 5 nitrogen and oxygen atoms in total. The molecular formula is C23H30N4O. The van der Waals surface area contributed by atoms with Gasteiger partial charge >= 0.3 is 0 Å². The second-order valence-corrected chi connectivity index (χ2v) is 8.18. The van der Waals surface area contributed by atoms with Gasteiger partial charge in [-0.05, 0) is 92.6 Å². The van der Waals surface area contributed by atoms with Crippen LogP contribution >= 0.6 is 0 Å². The van der Waals surface area contributed by atoms with E-state index in [1.54, 1.807) is 12.4 Å². The first kappa shape index (κ1) is 18.9. The molecule has 0 radical (unpaired) electrons. The number of likely N-dealkylation sites (tertiary alicyclic amines) is 1. The van der Waals surface area contributed by atoms with Crippen molar-refractivity contribution in [3.05, 3.63) is 59.9 Å². The predicted octanol–water partition coefficient (Wildman–Crippen LogP) is 3.69. The Bertz CT molecular complexity index is 769. The lowest BCUT2D eigenvalue weighted by atomic mass is 9.73. The Hall–Kier alpha value is -2.40. The lowest BCUT2D eigenvalue weighted by molar-refractivity contribution is 0.0750. The van der Waals surface area contributed by atoms with Gasteiger partial charge in [0.25, 0.3) is 5.91 Å². The van der Waals surface area contributed by atoms with Crippen LogP contribution in [0.5, 0.6) is 0 Å². The Morgan fingerprint density at radius 1 is 1.00 bits per heavy atom. The van der Waals surface area contributed by atoms with E-state index in [0.29, 0.717) is 5.41 Å². The fraction of sp³-hybridized carbons (Fsp3) is 0.478. The van der Waals surface area contributed by atoms with Crippen molar-refractivity contribution in [2.75, 3.05) is 31.5 Å². The first-order chi connectivity index (χ1) is 13.7. The average molecular weight is 379 g/mol. The molecule has 2 aromatic rings. The van der Waals surface area contributed by atoms with Crippen molar-refractivity contribution in [3.63, 3.8) is 0 Å². The maximum Gasteiger partial charge on any atom is 0.253 e. The molecule has 2 aliphatic rings. The van der Waals surface area contributed by atoms with Crippen LogP contribution in [-0.2, 0) is 6.54 Å². The zero-order valence-corrected chi connectivity index (χ0v) is 16.5. The molecule has 0 saturated carbocycles. The van der Waals surface area contributed by atoms with Crippen LogP contribution in [0, 0.1) is 5.41 Å². The number of carbonyl (C=O) groups excluding carboxylic acids is 1. The van der Waals surface area contributed by atoms with Crippen LogP contribution in [-0.4, -0.2) is 42.0 Å². The van der Waals surface area contributed by atoms with Crippen LogP contribution in [0.15, 0.2) is 48.8 Å². The van der Waals surface area contributed by atoms with E-state index in [1.165, 1.54) is 24.8 Å². The van der Waals surface area contributed by atoms with Crippen LogP contribution < -0.4 is 10.6 Å².